The smallest absolute Gasteiger partial charge is 0.251 e. The van der Waals surface area contributed by atoms with Crippen LogP contribution >= 0.6 is 11.3 Å². The molecule has 2 rings (SSSR count). The molecule has 0 radical (unpaired) electrons. The molecule has 1 atom stereocenters. The molecule has 2 aromatic rings. The van der Waals surface area contributed by atoms with Crippen LogP contribution in [-0.4, -0.2) is 41.4 Å². The van der Waals surface area contributed by atoms with E-state index in [0.29, 0.717) is 24.5 Å². The Balaban J connectivity index is 2.04. The van der Waals surface area contributed by atoms with Gasteiger partial charge in [0.25, 0.3) is 5.91 Å². The second-order valence-corrected chi connectivity index (χ2v) is 7.88. The summed E-state index contributed by atoms with van der Waals surface area (Å²) in [5, 5.41) is 5.91. The molecule has 0 aliphatic rings. The van der Waals surface area contributed by atoms with Gasteiger partial charge in [0.05, 0.1) is 23.9 Å². The minimum absolute atomic E-state index is 0.0387. The highest BCUT2D eigenvalue weighted by Crippen LogP contribution is 2.15. The lowest BCUT2D eigenvalue weighted by molar-refractivity contribution is -0.133. The van der Waals surface area contributed by atoms with E-state index < -0.39 is 6.04 Å². The third-order valence-electron chi connectivity index (χ3n) is 4.32. The van der Waals surface area contributed by atoms with Crippen LogP contribution in [0.1, 0.15) is 48.8 Å². The van der Waals surface area contributed by atoms with Gasteiger partial charge in [-0.25, -0.2) is 4.98 Å². The number of hydrogen-bond acceptors (Lipinski definition) is 5. The van der Waals surface area contributed by atoms with Gasteiger partial charge >= 0.3 is 0 Å². The number of likely N-dealkylation sites (N-methyl/N-ethyl adjacent to an activating group) is 1. The highest BCUT2D eigenvalue weighted by molar-refractivity contribution is 7.09. The number of ether oxygens (including phenoxy) is 1. The quantitative estimate of drug-likeness (QED) is 0.695. The SMILES string of the molecule is CCOc1ccc(C(=O)NC(C(=O)N(C)Cc2csc(CC)n2)C(C)C)cc1. The number of amides is 2. The van der Waals surface area contributed by atoms with Crippen molar-refractivity contribution in [2.24, 2.45) is 5.92 Å². The molecule has 1 aromatic carbocycles. The van der Waals surface area contributed by atoms with Gasteiger partial charge in [0.2, 0.25) is 5.91 Å². The third kappa shape index (κ3) is 5.79. The molecule has 1 heterocycles. The van der Waals surface area contributed by atoms with Gasteiger partial charge in [-0.05, 0) is 43.5 Å². The van der Waals surface area contributed by atoms with Gasteiger partial charge in [-0.2, -0.15) is 0 Å². The van der Waals surface area contributed by atoms with Gasteiger partial charge in [-0.15, -0.1) is 11.3 Å². The summed E-state index contributed by atoms with van der Waals surface area (Å²) in [6.07, 6.45) is 0.884. The Labute approximate surface area is 170 Å². The van der Waals surface area contributed by atoms with Crippen LogP contribution in [-0.2, 0) is 17.8 Å². The van der Waals surface area contributed by atoms with Crippen molar-refractivity contribution in [3.63, 3.8) is 0 Å². The average Bonchev–Trinajstić information content (AvgIpc) is 3.13. The molecule has 2 amide bonds. The number of hydrogen-bond donors (Lipinski definition) is 1. The topological polar surface area (TPSA) is 71.5 Å². The average molecular weight is 404 g/mol. The maximum absolute atomic E-state index is 12.9. The van der Waals surface area contributed by atoms with Crippen LogP contribution in [0.2, 0.25) is 0 Å². The zero-order chi connectivity index (χ0) is 20.7. The summed E-state index contributed by atoms with van der Waals surface area (Å²) in [7, 11) is 1.74. The summed E-state index contributed by atoms with van der Waals surface area (Å²) >= 11 is 1.60. The number of aryl methyl sites for hydroxylation is 1. The van der Waals surface area contributed by atoms with Gasteiger partial charge in [0.1, 0.15) is 11.8 Å². The summed E-state index contributed by atoms with van der Waals surface area (Å²) in [5.74, 6) is 0.277. The van der Waals surface area contributed by atoms with E-state index in [-0.39, 0.29) is 17.7 Å². The number of nitrogens with zero attached hydrogens (tertiary/aromatic N) is 2. The van der Waals surface area contributed by atoms with Gasteiger partial charge in [-0.3, -0.25) is 9.59 Å². The van der Waals surface area contributed by atoms with Crippen LogP contribution in [0.15, 0.2) is 29.6 Å². The highest BCUT2D eigenvalue weighted by Gasteiger charge is 2.27. The normalized spacial score (nSPS) is 11.9. The summed E-state index contributed by atoms with van der Waals surface area (Å²) in [5.41, 5.74) is 1.37. The van der Waals surface area contributed by atoms with Crippen LogP contribution in [0.5, 0.6) is 5.75 Å². The summed E-state index contributed by atoms with van der Waals surface area (Å²) < 4.78 is 5.40. The van der Waals surface area contributed by atoms with Gasteiger partial charge < -0.3 is 15.0 Å². The molecular formula is C21H29N3O3S. The Kier molecular flexibility index (Phi) is 7.99. The fourth-order valence-electron chi connectivity index (χ4n) is 2.75. The molecule has 152 valence electrons. The first-order valence-electron chi connectivity index (χ1n) is 9.57. The number of carbonyl (C=O) groups is 2. The summed E-state index contributed by atoms with van der Waals surface area (Å²) in [4.78, 5) is 31.7. The Bertz CT molecular complexity index is 786. The van der Waals surface area contributed by atoms with Crippen molar-refractivity contribution in [1.82, 2.24) is 15.2 Å². The van der Waals surface area contributed by atoms with Crippen LogP contribution in [0.3, 0.4) is 0 Å². The molecular weight excluding hydrogens is 374 g/mol. The number of thiazole rings is 1. The number of aromatic nitrogens is 1. The Morgan fingerprint density at radius 2 is 1.89 bits per heavy atom. The first-order chi connectivity index (χ1) is 13.3. The van der Waals surface area contributed by atoms with E-state index in [2.05, 4.69) is 17.2 Å². The first kappa shape index (κ1) is 21.9. The first-order valence-corrected chi connectivity index (χ1v) is 10.5. The fraction of sp³-hybridized carbons (Fsp3) is 0.476. The molecule has 1 unspecified atom stereocenters. The molecule has 0 aliphatic carbocycles. The lowest BCUT2D eigenvalue weighted by Gasteiger charge is -2.26. The lowest BCUT2D eigenvalue weighted by Crippen LogP contribution is -2.50. The van der Waals surface area contributed by atoms with Crippen molar-refractivity contribution >= 4 is 23.2 Å². The predicted molar refractivity (Wildman–Crippen MR) is 112 cm³/mol. The van der Waals surface area contributed by atoms with Crippen LogP contribution < -0.4 is 10.1 Å². The monoisotopic (exact) mass is 403 g/mol. The van der Waals surface area contributed by atoms with Crippen LogP contribution in [0.25, 0.3) is 0 Å². The maximum Gasteiger partial charge on any atom is 0.251 e. The number of rotatable bonds is 9. The molecule has 0 spiro atoms. The Hall–Kier alpha value is -2.41. The molecule has 28 heavy (non-hydrogen) atoms. The molecule has 6 nitrogen and oxygen atoms in total. The number of benzene rings is 1. The minimum atomic E-state index is -0.603. The van der Waals surface area contributed by atoms with E-state index in [9.17, 15) is 9.59 Å². The second kappa shape index (κ2) is 10.2. The van der Waals surface area contributed by atoms with E-state index in [1.165, 1.54) is 0 Å². The second-order valence-electron chi connectivity index (χ2n) is 6.93. The van der Waals surface area contributed by atoms with Gasteiger partial charge in [0.15, 0.2) is 0 Å². The van der Waals surface area contributed by atoms with E-state index in [0.717, 1.165) is 17.1 Å². The minimum Gasteiger partial charge on any atom is -0.494 e. The Morgan fingerprint density at radius 1 is 1.21 bits per heavy atom. The van der Waals surface area contributed by atoms with Crippen molar-refractivity contribution < 1.29 is 14.3 Å². The van der Waals surface area contributed by atoms with Crippen molar-refractivity contribution in [1.29, 1.82) is 0 Å². The fourth-order valence-corrected chi connectivity index (χ4v) is 3.49. The number of carbonyl (C=O) groups excluding carboxylic acids is 2. The molecule has 0 aliphatic heterocycles. The van der Waals surface area contributed by atoms with Crippen molar-refractivity contribution in [3.05, 3.63) is 45.9 Å². The van der Waals surface area contributed by atoms with E-state index in [4.69, 9.17) is 4.74 Å². The molecule has 0 saturated carbocycles. The molecule has 0 bridgehead atoms. The van der Waals surface area contributed by atoms with Crippen LogP contribution in [0, 0.1) is 5.92 Å². The number of nitrogens with one attached hydrogen (secondary N) is 1. The van der Waals surface area contributed by atoms with Gasteiger partial charge in [-0.1, -0.05) is 20.8 Å². The largest absolute Gasteiger partial charge is 0.494 e. The van der Waals surface area contributed by atoms with Crippen molar-refractivity contribution in [2.75, 3.05) is 13.7 Å². The molecule has 0 fully saturated rings. The molecule has 1 N–H and O–H groups in total. The predicted octanol–water partition coefficient (Wildman–Crippen LogP) is 3.52. The summed E-state index contributed by atoms with van der Waals surface area (Å²) in [6.45, 7) is 8.81. The lowest BCUT2D eigenvalue weighted by atomic mass is 10.0. The van der Waals surface area contributed by atoms with E-state index in [1.54, 1.807) is 47.5 Å². The van der Waals surface area contributed by atoms with E-state index in [1.807, 2.05) is 26.2 Å². The van der Waals surface area contributed by atoms with Crippen molar-refractivity contribution in [2.45, 2.75) is 46.7 Å². The third-order valence-corrected chi connectivity index (χ3v) is 5.37. The van der Waals surface area contributed by atoms with Crippen LogP contribution in [0.4, 0.5) is 0 Å². The molecule has 7 heteroatoms. The zero-order valence-corrected chi connectivity index (χ0v) is 18.0. The van der Waals surface area contributed by atoms with E-state index >= 15 is 0 Å². The highest BCUT2D eigenvalue weighted by atomic mass is 32.1. The maximum atomic E-state index is 12.9. The standard InChI is InChI=1S/C21H29N3O3S/c1-6-18-22-16(13-28-18)12-24(5)21(26)19(14(3)4)23-20(25)15-8-10-17(11-9-15)27-7-2/h8-11,13-14,19H,6-7,12H2,1-5H3,(H,23,25). The Morgan fingerprint density at radius 3 is 2.43 bits per heavy atom. The van der Waals surface area contributed by atoms with Gasteiger partial charge in [0, 0.05) is 18.0 Å². The molecule has 1 aromatic heterocycles. The van der Waals surface area contributed by atoms with Crippen molar-refractivity contribution in [3.8, 4) is 5.75 Å². The molecule has 0 saturated heterocycles. The summed E-state index contributed by atoms with van der Waals surface area (Å²) in [6, 6.07) is 6.31. The zero-order valence-electron chi connectivity index (χ0n) is 17.2.